The molecule has 0 radical (unpaired) electrons. The Kier molecular flexibility index (Phi) is 5.11. The maximum atomic E-state index is 13.4. The molecule has 30 heavy (non-hydrogen) atoms. The average molecular weight is 452 g/mol. The Bertz CT molecular complexity index is 1190. The van der Waals surface area contributed by atoms with Gasteiger partial charge in [-0.1, -0.05) is 30.0 Å². The number of hydrogen-bond acceptors (Lipinski definition) is 5. The molecule has 1 aromatic carbocycles. The lowest BCUT2D eigenvalue weighted by Gasteiger charge is -2.14. The zero-order valence-electron chi connectivity index (χ0n) is 15.6. The molecule has 3 aromatic rings. The lowest BCUT2D eigenvalue weighted by molar-refractivity contribution is -0.137. The van der Waals surface area contributed by atoms with Crippen molar-refractivity contribution < 1.29 is 22.4 Å². The molecule has 2 aromatic heterocycles. The van der Waals surface area contributed by atoms with Crippen LogP contribution < -0.4 is 0 Å². The second kappa shape index (κ2) is 7.48. The minimum atomic E-state index is -4.54. The Morgan fingerprint density at radius 1 is 1.13 bits per heavy atom. The molecule has 10 heteroatoms. The van der Waals surface area contributed by atoms with Gasteiger partial charge in [-0.2, -0.15) is 13.2 Å². The van der Waals surface area contributed by atoms with Crippen molar-refractivity contribution in [2.45, 2.75) is 11.3 Å². The number of benzene rings is 1. The summed E-state index contributed by atoms with van der Waals surface area (Å²) in [6, 6.07) is 8.24. The molecule has 0 saturated carbocycles. The van der Waals surface area contributed by atoms with Gasteiger partial charge in [0.1, 0.15) is 11.4 Å². The molecule has 1 aliphatic heterocycles. The fourth-order valence-corrected chi connectivity index (χ4v) is 3.68. The molecule has 0 saturated heterocycles. The first-order valence-corrected chi connectivity index (χ1v) is 10.2. The fourth-order valence-electron chi connectivity index (χ4n) is 3.17. The predicted octanol–water partition coefficient (Wildman–Crippen LogP) is 5.71. The van der Waals surface area contributed by atoms with E-state index < -0.39 is 17.6 Å². The fraction of sp³-hybridized carbons (Fsp3) is 0.150. The molecule has 154 valence electrons. The Labute approximate surface area is 178 Å². The van der Waals surface area contributed by atoms with Crippen molar-refractivity contribution >= 4 is 41.0 Å². The monoisotopic (exact) mass is 451 g/mol. The number of fused-ring (bicyclic) bond motifs is 1. The lowest BCUT2D eigenvalue weighted by atomic mass is 10.0. The molecule has 0 bridgehead atoms. The van der Waals surface area contributed by atoms with E-state index in [1.54, 1.807) is 12.3 Å². The molecule has 0 fully saturated rings. The molecule has 0 spiro atoms. The SMILES string of the molecule is CSc1nc2c(c(-c3ccc(Cl)o3)n1)C(=O)N(C)/C2=C/c1ccccc1C(F)(F)F. The summed E-state index contributed by atoms with van der Waals surface area (Å²) in [6.45, 7) is 0. The Morgan fingerprint density at radius 2 is 1.83 bits per heavy atom. The smallest absolute Gasteiger partial charge is 0.416 e. The van der Waals surface area contributed by atoms with Crippen molar-refractivity contribution in [1.82, 2.24) is 14.9 Å². The van der Waals surface area contributed by atoms with Crippen LogP contribution in [0.5, 0.6) is 0 Å². The zero-order chi connectivity index (χ0) is 21.6. The van der Waals surface area contributed by atoms with Gasteiger partial charge in [0.15, 0.2) is 16.1 Å². The highest BCUT2D eigenvalue weighted by molar-refractivity contribution is 7.98. The summed E-state index contributed by atoms with van der Waals surface area (Å²) in [7, 11) is 1.48. The van der Waals surface area contributed by atoms with Crippen molar-refractivity contribution in [2.24, 2.45) is 0 Å². The molecule has 1 aliphatic rings. The van der Waals surface area contributed by atoms with E-state index in [1.165, 1.54) is 54.1 Å². The van der Waals surface area contributed by atoms with Gasteiger partial charge in [-0.25, -0.2) is 9.97 Å². The second-order valence-corrected chi connectivity index (χ2v) is 7.51. The van der Waals surface area contributed by atoms with Gasteiger partial charge < -0.3 is 9.32 Å². The van der Waals surface area contributed by atoms with Crippen molar-refractivity contribution in [3.05, 3.63) is 64.0 Å². The number of alkyl halides is 3. The van der Waals surface area contributed by atoms with Crippen LogP contribution in [-0.4, -0.2) is 34.1 Å². The van der Waals surface area contributed by atoms with E-state index in [0.29, 0.717) is 5.16 Å². The molecule has 0 atom stereocenters. The number of aromatic nitrogens is 2. The third-order valence-corrected chi connectivity index (χ3v) is 5.31. The number of amides is 1. The predicted molar refractivity (Wildman–Crippen MR) is 108 cm³/mol. The van der Waals surface area contributed by atoms with Crippen molar-refractivity contribution in [2.75, 3.05) is 13.3 Å². The van der Waals surface area contributed by atoms with E-state index in [9.17, 15) is 18.0 Å². The summed E-state index contributed by atoms with van der Waals surface area (Å²) < 4.78 is 45.7. The molecule has 1 amide bonds. The number of furan rings is 1. The summed E-state index contributed by atoms with van der Waals surface area (Å²) in [4.78, 5) is 23.0. The van der Waals surface area contributed by atoms with Gasteiger partial charge in [0.2, 0.25) is 0 Å². The van der Waals surface area contributed by atoms with Crippen molar-refractivity contribution in [3.63, 3.8) is 0 Å². The summed E-state index contributed by atoms with van der Waals surface area (Å²) in [6.07, 6.45) is -1.48. The minimum Gasteiger partial charge on any atom is -0.443 e. The summed E-state index contributed by atoms with van der Waals surface area (Å²) >= 11 is 7.10. The summed E-state index contributed by atoms with van der Waals surface area (Å²) in [5.74, 6) is -0.177. The largest absolute Gasteiger partial charge is 0.443 e. The van der Waals surface area contributed by atoms with Crippen LogP contribution in [0.15, 0.2) is 46.0 Å². The standard InChI is InChI=1S/C20H13ClF3N3O2S/c1-27-12(9-10-5-3-4-6-11(10)20(22,23)24)16-15(18(27)28)17(26-19(25-16)30-2)13-7-8-14(21)29-13/h3-9H,1-2H3/b12-9+. The Balaban J connectivity index is 1.96. The number of halogens is 4. The molecule has 0 unspecified atom stereocenters. The van der Waals surface area contributed by atoms with Crippen LogP contribution >= 0.6 is 23.4 Å². The van der Waals surface area contributed by atoms with Gasteiger partial charge in [0, 0.05) is 7.05 Å². The van der Waals surface area contributed by atoms with Crippen LogP contribution in [0.25, 0.3) is 23.2 Å². The number of hydrogen-bond donors (Lipinski definition) is 0. The van der Waals surface area contributed by atoms with Crippen LogP contribution in [-0.2, 0) is 6.18 Å². The number of thioether (sulfide) groups is 1. The van der Waals surface area contributed by atoms with Gasteiger partial charge in [-0.3, -0.25) is 4.79 Å². The maximum Gasteiger partial charge on any atom is 0.416 e. The molecule has 4 rings (SSSR count). The van der Waals surface area contributed by atoms with E-state index in [0.717, 1.165) is 6.07 Å². The highest BCUT2D eigenvalue weighted by atomic mass is 35.5. The van der Waals surface area contributed by atoms with Gasteiger partial charge >= 0.3 is 6.18 Å². The first-order valence-electron chi connectivity index (χ1n) is 8.58. The first kappa shape index (κ1) is 20.5. The number of carbonyl (C=O) groups excluding carboxylic acids is 1. The first-order chi connectivity index (χ1) is 14.2. The van der Waals surface area contributed by atoms with Crippen LogP contribution in [0.1, 0.15) is 27.2 Å². The Morgan fingerprint density at radius 3 is 2.47 bits per heavy atom. The van der Waals surface area contributed by atoms with Gasteiger partial charge in [0.05, 0.1) is 16.8 Å². The van der Waals surface area contributed by atoms with E-state index >= 15 is 0 Å². The summed E-state index contributed by atoms with van der Waals surface area (Å²) in [5.41, 5.74) is -0.00860. The van der Waals surface area contributed by atoms with Crippen LogP contribution in [0.4, 0.5) is 13.2 Å². The molecule has 0 aliphatic carbocycles. The molecule has 5 nitrogen and oxygen atoms in total. The zero-order valence-corrected chi connectivity index (χ0v) is 17.2. The Hall–Kier alpha value is -2.78. The van der Waals surface area contributed by atoms with Crippen LogP contribution in [0.2, 0.25) is 5.22 Å². The quantitative estimate of drug-likeness (QED) is 0.377. The highest BCUT2D eigenvalue weighted by Gasteiger charge is 2.38. The molecule has 3 heterocycles. The van der Waals surface area contributed by atoms with Gasteiger partial charge in [-0.15, -0.1) is 0 Å². The average Bonchev–Trinajstić information content (AvgIpc) is 3.24. The molecular formula is C20H13ClF3N3O2S. The lowest BCUT2D eigenvalue weighted by Crippen LogP contribution is -2.18. The second-order valence-electron chi connectivity index (χ2n) is 6.37. The highest BCUT2D eigenvalue weighted by Crippen LogP contribution is 2.40. The molecular weight excluding hydrogens is 439 g/mol. The van der Waals surface area contributed by atoms with Crippen LogP contribution in [0, 0.1) is 0 Å². The van der Waals surface area contributed by atoms with E-state index in [1.807, 2.05) is 0 Å². The number of nitrogens with zero attached hydrogens (tertiary/aromatic N) is 3. The molecule has 0 N–H and O–H groups in total. The maximum absolute atomic E-state index is 13.4. The third-order valence-electron chi connectivity index (χ3n) is 4.56. The van der Waals surface area contributed by atoms with Gasteiger partial charge in [0.25, 0.3) is 5.91 Å². The third kappa shape index (κ3) is 3.48. The number of rotatable bonds is 3. The van der Waals surface area contributed by atoms with Crippen molar-refractivity contribution in [1.29, 1.82) is 0 Å². The van der Waals surface area contributed by atoms with Gasteiger partial charge in [-0.05, 0) is 47.7 Å². The van der Waals surface area contributed by atoms with Crippen molar-refractivity contribution in [3.8, 4) is 11.5 Å². The topological polar surface area (TPSA) is 59.2 Å². The van der Waals surface area contributed by atoms with Crippen LogP contribution in [0.3, 0.4) is 0 Å². The summed E-state index contributed by atoms with van der Waals surface area (Å²) in [5, 5.41) is 0.464. The minimum absolute atomic E-state index is 0.0700. The van der Waals surface area contributed by atoms with E-state index in [-0.39, 0.29) is 39.2 Å². The normalized spacial score (nSPS) is 15.2. The number of carbonyl (C=O) groups is 1. The van der Waals surface area contributed by atoms with E-state index in [2.05, 4.69) is 9.97 Å². The van der Waals surface area contributed by atoms with E-state index in [4.69, 9.17) is 16.0 Å².